The third-order valence-corrected chi connectivity index (χ3v) is 2.94. The third kappa shape index (κ3) is 2.38. The lowest BCUT2D eigenvalue weighted by molar-refractivity contribution is -0.117. The summed E-state index contributed by atoms with van der Waals surface area (Å²) in [6, 6.07) is 8.55. The van der Waals surface area contributed by atoms with E-state index in [1.54, 1.807) is 6.92 Å². The minimum atomic E-state index is 0.294. The highest BCUT2D eigenvalue weighted by atomic mass is 16.1. The molecule has 2 heteroatoms. The summed E-state index contributed by atoms with van der Waals surface area (Å²) in [5.41, 5.74) is 2.81. The molecule has 0 saturated heterocycles. The molecule has 2 rings (SSSR count). The highest BCUT2D eigenvalue weighted by Gasteiger charge is 2.17. The first-order valence-corrected chi connectivity index (χ1v) is 5.59. The van der Waals surface area contributed by atoms with Crippen LogP contribution in [0.5, 0.6) is 0 Å². The van der Waals surface area contributed by atoms with Crippen molar-refractivity contribution < 1.29 is 4.79 Å². The molecule has 1 heterocycles. The van der Waals surface area contributed by atoms with E-state index >= 15 is 0 Å². The summed E-state index contributed by atoms with van der Waals surface area (Å²) in [7, 11) is 0. The van der Waals surface area contributed by atoms with Crippen LogP contribution < -0.4 is 4.90 Å². The fraction of sp³-hybridized carbons (Fsp3) is 0.462. The van der Waals surface area contributed by atoms with Crippen molar-refractivity contribution in [3.63, 3.8) is 0 Å². The molecule has 2 nitrogen and oxygen atoms in total. The van der Waals surface area contributed by atoms with Gasteiger partial charge in [-0.15, -0.1) is 0 Å². The number of carbonyl (C=O) groups excluding carboxylic acids is 1. The molecule has 0 atom stereocenters. The van der Waals surface area contributed by atoms with E-state index in [2.05, 4.69) is 29.2 Å². The predicted molar refractivity (Wildman–Crippen MR) is 62.3 cm³/mol. The second-order valence-corrected chi connectivity index (χ2v) is 4.17. The van der Waals surface area contributed by atoms with Gasteiger partial charge in [-0.1, -0.05) is 18.2 Å². The summed E-state index contributed by atoms with van der Waals surface area (Å²) in [5, 5.41) is 0. The Morgan fingerprint density at radius 1 is 1.40 bits per heavy atom. The topological polar surface area (TPSA) is 20.3 Å². The minimum absolute atomic E-state index is 0.294. The number of benzene rings is 1. The number of ketones is 1. The molecular formula is C13H17NO. The maximum atomic E-state index is 10.8. The van der Waals surface area contributed by atoms with E-state index in [0.29, 0.717) is 12.2 Å². The van der Waals surface area contributed by atoms with Crippen LogP contribution in [0.2, 0.25) is 0 Å². The van der Waals surface area contributed by atoms with Crippen molar-refractivity contribution in [3.05, 3.63) is 29.8 Å². The average Bonchev–Trinajstić information content (AvgIpc) is 2.62. The maximum absolute atomic E-state index is 10.8. The molecule has 0 fully saturated rings. The zero-order valence-electron chi connectivity index (χ0n) is 9.20. The smallest absolute Gasteiger partial charge is 0.129 e. The van der Waals surface area contributed by atoms with Gasteiger partial charge < -0.3 is 9.69 Å². The Balaban J connectivity index is 1.93. The van der Waals surface area contributed by atoms with Gasteiger partial charge in [-0.25, -0.2) is 0 Å². The van der Waals surface area contributed by atoms with Gasteiger partial charge in [0.15, 0.2) is 0 Å². The number of Topliss-reactive ketones (excluding diaryl/α,β-unsaturated/α-hetero) is 1. The molecule has 80 valence electrons. The fourth-order valence-corrected chi connectivity index (χ4v) is 2.16. The molecule has 0 aromatic heterocycles. The first-order chi connectivity index (χ1) is 7.27. The van der Waals surface area contributed by atoms with E-state index in [-0.39, 0.29) is 0 Å². The Labute approximate surface area is 90.9 Å². The van der Waals surface area contributed by atoms with Crippen LogP contribution >= 0.6 is 0 Å². The van der Waals surface area contributed by atoms with Gasteiger partial charge in [0.2, 0.25) is 0 Å². The van der Waals surface area contributed by atoms with Crippen LogP contribution in [0.4, 0.5) is 5.69 Å². The lowest BCUT2D eigenvalue weighted by Crippen LogP contribution is -2.22. The number of hydrogen-bond acceptors (Lipinski definition) is 2. The van der Waals surface area contributed by atoms with Crippen LogP contribution in [0.3, 0.4) is 0 Å². The van der Waals surface area contributed by atoms with E-state index < -0.39 is 0 Å². The Bertz CT molecular complexity index is 359. The third-order valence-electron chi connectivity index (χ3n) is 2.94. The minimum Gasteiger partial charge on any atom is -0.371 e. The standard InChI is InChI=1S/C13H17NO/c1-11(15)5-4-9-14-10-8-12-6-2-3-7-13(12)14/h2-3,6-7H,4-5,8-10H2,1H3. The van der Waals surface area contributed by atoms with Crippen LogP contribution in [0.1, 0.15) is 25.3 Å². The average molecular weight is 203 g/mol. The lowest BCUT2D eigenvalue weighted by Gasteiger charge is -2.18. The second kappa shape index (κ2) is 4.47. The maximum Gasteiger partial charge on any atom is 0.129 e. The number of para-hydroxylation sites is 1. The van der Waals surface area contributed by atoms with Crippen molar-refractivity contribution in [1.29, 1.82) is 0 Å². The van der Waals surface area contributed by atoms with Gasteiger partial charge in [0.05, 0.1) is 0 Å². The quantitative estimate of drug-likeness (QED) is 0.749. The number of rotatable bonds is 4. The summed E-state index contributed by atoms with van der Waals surface area (Å²) in [6.45, 7) is 3.78. The molecule has 0 radical (unpaired) electrons. The molecule has 0 bridgehead atoms. The van der Waals surface area contributed by atoms with Crippen LogP contribution in [0.25, 0.3) is 0 Å². The van der Waals surface area contributed by atoms with Crippen LogP contribution in [0.15, 0.2) is 24.3 Å². The molecule has 0 amide bonds. The Kier molecular flexibility index (Phi) is 3.05. The van der Waals surface area contributed by atoms with E-state index in [1.807, 2.05) is 0 Å². The highest BCUT2D eigenvalue weighted by Crippen LogP contribution is 2.27. The molecule has 1 aromatic carbocycles. The van der Waals surface area contributed by atoms with E-state index in [9.17, 15) is 4.79 Å². The first-order valence-electron chi connectivity index (χ1n) is 5.59. The molecule has 0 N–H and O–H groups in total. The number of nitrogens with zero attached hydrogens (tertiary/aromatic N) is 1. The summed E-state index contributed by atoms with van der Waals surface area (Å²) in [6.07, 6.45) is 2.83. The van der Waals surface area contributed by atoms with Crippen molar-refractivity contribution in [2.45, 2.75) is 26.2 Å². The largest absolute Gasteiger partial charge is 0.371 e. The van der Waals surface area contributed by atoms with Gasteiger partial charge >= 0.3 is 0 Å². The Morgan fingerprint density at radius 2 is 2.20 bits per heavy atom. The first kappa shape index (κ1) is 10.2. The van der Waals surface area contributed by atoms with E-state index in [4.69, 9.17) is 0 Å². The zero-order chi connectivity index (χ0) is 10.7. The number of anilines is 1. The van der Waals surface area contributed by atoms with Crippen molar-refractivity contribution in [2.24, 2.45) is 0 Å². The highest BCUT2D eigenvalue weighted by molar-refractivity contribution is 5.75. The number of fused-ring (bicyclic) bond motifs is 1. The van der Waals surface area contributed by atoms with Crippen LogP contribution in [-0.4, -0.2) is 18.9 Å². The summed E-state index contributed by atoms with van der Waals surface area (Å²) >= 11 is 0. The summed E-state index contributed by atoms with van der Waals surface area (Å²) in [4.78, 5) is 13.2. The molecule has 15 heavy (non-hydrogen) atoms. The molecule has 1 aromatic rings. The lowest BCUT2D eigenvalue weighted by atomic mass is 10.2. The summed E-state index contributed by atoms with van der Waals surface area (Å²) < 4.78 is 0. The molecule has 0 unspecified atom stereocenters. The van der Waals surface area contributed by atoms with Gasteiger partial charge in [0.25, 0.3) is 0 Å². The molecule has 1 aliphatic heterocycles. The van der Waals surface area contributed by atoms with Crippen LogP contribution in [0, 0.1) is 0 Å². The van der Waals surface area contributed by atoms with Crippen molar-refractivity contribution in [3.8, 4) is 0 Å². The number of hydrogen-bond donors (Lipinski definition) is 0. The monoisotopic (exact) mass is 203 g/mol. The fourth-order valence-electron chi connectivity index (χ4n) is 2.16. The SMILES string of the molecule is CC(=O)CCCN1CCc2ccccc21. The Morgan fingerprint density at radius 3 is 3.00 bits per heavy atom. The Hall–Kier alpha value is -1.31. The van der Waals surface area contributed by atoms with Gasteiger partial charge in [-0.3, -0.25) is 0 Å². The summed E-state index contributed by atoms with van der Waals surface area (Å²) in [5.74, 6) is 0.294. The second-order valence-electron chi connectivity index (χ2n) is 4.17. The molecule has 1 aliphatic rings. The molecule has 0 spiro atoms. The van der Waals surface area contributed by atoms with Crippen LogP contribution in [-0.2, 0) is 11.2 Å². The zero-order valence-corrected chi connectivity index (χ0v) is 9.20. The van der Waals surface area contributed by atoms with E-state index in [1.165, 1.54) is 11.3 Å². The van der Waals surface area contributed by atoms with Gasteiger partial charge in [0.1, 0.15) is 5.78 Å². The van der Waals surface area contributed by atoms with Gasteiger partial charge in [-0.05, 0) is 31.4 Å². The van der Waals surface area contributed by atoms with Crippen molar-refractivity contribution in [2.75, 3.05) is 18.0 Å². The van der Waals surface area contributed by atoms with Gasteiger partial charge in [-0.2, -0.15) is 0 Å². The van der Waals surface area contributed by atoms with Gasteiger partial charge in [0, 0.05) is 25.2 Å². The predicted octanol–water partition coefficient (Wildman–Crippen LogP) is 2.42. The van der Waals surface area contributed by atoms with Crippen molar-refractivity contribution in [1.82, 2.24) is 0 Å². The normalized spacial score (nSPS) is 14.1. The number of carbonyl (C=O) groups is 1. The van der Waals surface area contributed by atoms with E-state index in [0.717, 1.165) is 25.9 Å². The molecule has 0 aliphatic carbocycles. The van der Waals surface area contributed by atoms with Crippen molar-refractivity contribution >= 4 is 11.5 Å². The molecule has 0 saturated carbocycles. The molecular weight excluding hydrogens is 186 g/mol.